The standard InChI is InChI=1S/C34H45BN4O11/c1-22-20-38(13-14-47-22)32(2,3)16-24(19-36)29(44)39-25-9-11-33(39,12-10-25)21-48-31(46)37-26(15-23-7-5-4-6-8-23)35-49-30(45)34(50-35,17-27(40)41)18-28(42)43/h4-8,22,24-26H,9-18,20-21H2,1-3H3,(H,37,46)(H,40,41)(H,42,43)/t22-,24?,25?,26?,33?/m0/s1. The number of nitriles is 1. The zero-order valence-electron chi connectivity index (χ0n) is 28.7. The van der Waals surface area contributed by atoms with Crippen molar-refractivity contribution >= 4 is 37.0 Å². The first-order valence-electron chi connectivity index (χ1n) is 17.1. The lowest BCUT2D eigenvalue weighted by molar-refractivity contribution is -0.157. The molecule has 270 valence electrons. The summed E-state index contributed by atoms with van der Waals surface area (Å²) in [6.45, 7) is 7.94. The number of rotatable bonds is 14. The van der Waals surface area contributed by atoms with Crippen LogP contribution in [0.3, 0.4) is 0 Å². The van der Waals surface area contributed by atoms with E-state index in [1.807, 2.05) is 20.8 Å². The zero-order chi connectivity index (χ0) is 36.3. The van der Waals surface area contributed by atoms with Crippen LogP contribution in [0, 0.1) is 17.2 Å². The molecule has 1 aromatic rings. The number of amides is 2. The van der Waals surface area contributed by atoms with E-state index >= 15 is 0 Å². The number of carboxylic acids is 2. The summed E-state index contributed by atoms with van der Waals surface area (Å²) in [5.41, 5.74) is -2.78. The highest BCUT2D eigenvalue weighted by molar-refractivity contribution is 6.51. The van der Waals surface area contributed by atoms with Gasteiger partial charge in [0, 0.05) is 24.7 Å². The molecular formula is C34H45BN4O11. The second-order valence-corrected chi connectivity index (χ2v) is 14.5. The number of carboxylic acid groups (broad SMARTS) is 2. The van der Waals surface area contributed by atoms with Crippen molar-refractivity contribution in [3.8, 4) is 6.07 Å². The van der Waals surface area contributed by atoms with Gasteiger partial charge < -0.3 is 39.2 Å². The predicted molar refractivity (Wildman–Crippen MR) is 175 cm³/mol. The van der Waals surface area contributed by atoms with Crippen LogP contribution < -0.4 is 5.32 Å². The fourth-order valence-electron chi connectivity index (χ4n) is 7.93. The predicted octanol–water partition coefficient (Wildman–Crippen LogP) is 2.17. The molecule has 0 radical (unpaired) electrons. The fraction of sp³-hybridized carbons (Fsp3) is 0.647. The molecule has 4 saturated heterocycles. The van der Waals surface area contributed by atoms with E-state index < -0.39 is 72.5 Å². The normalized spacial score (nSPS) is 25.8. The Morgan fingerprint density at radius 1 is 1.14 bits per heavy atom. The zero-order valence-corrected chi connectivity index (χ0v) is 28.7. The Kier molecular flexibility index (Phi) is 11.1. The number of hydrogen-bond donors (Lipinski definition) is 3. The first-order valence-corrected chi connectivity index (χ1v) is 17.1. The van der Waals surface area contributed by atoms with Crippen molar-refractivity contribution in [1.29, 1.82) is 5.26 Å². The van der Waals surface area contributed by atoms with Gasteiger partial charge in [-0.3, -0.25) is 24.1 Å². The van der Waals surface area contributed by atoms with Gasteiger partial charge in [0.05, 0.1) is 43.1 Å². The van der Waals surface area contributed by atoms with Gasteiger partial charge in [-0.1, -0.05) is 30.3 Å². The number of hydrogen-bond acceptors (Lipinski definition) is 11. The van der Waals surface area contributed by atoms with Crippen molar-refractivity contribution in [2.75, 3.05) is 26.3 Å². The van der Waals surface area contributed by atoms with E-state index in [2.05, 4.69) is 16.3 Å². The van der Waals surface area contributed by atoms with E-state index in [1.165, 1.54) is 0 Å². The third-order valence-corrected chi connectivity index (χ3v) is 10.5. The largest absolute Gasteiger partial charge is 0.552 e. The molecule has 2 amide bonds. The van der Waals surface area contributed by atoms with E-state index in [0.717, 1.165) is 12.8 Å². The second kappa shape index (κ2) is 15.0. The minimum Gasteiger partial charge on any atom is -0.506 e. The highest BCUT2D eigenvalue weighted by Gasteiger charge is 2.59. The Balaban J connectivity index is 1.28. The Labute approximate surface area is 291 Å². The van der Waals surface area contributed by atoms with Gasteiger partial charge in [-0.05, 0) is 64.9 Å². The molecule has 15 nitrogen and oxygen atoms in total. The average Bonchev–Trinajstić information content (AvgIpc) is 3.71. The van der Waals surface area contributed by atoms with Gasteiger partial charge >= 0.3 is 31.1 Å². The van der Waals surface area contributed by atoms with Crippen molar-refractivity contribution in [3.05, 3.63) is 35.9 Å². The quantitative estimate of drug-likeness (QED) is 0.239. The molecular weight excluding hydrogens is 651 g/mol. The molecule has 4 fully saturated rings. The second-order valence-electron chi connectivity index (χ2n) is 14.5. The minimum atomic E-state index is -2.28. The van der Waals surface area contributed by atoms with E-state index in [1.54, 1.807) is 35.2 Å². The first kappa shape index (κ1) is 37.1. The topological polar surface area (TPSA) is 205 Å². The van der Waals surface area contributed by atoms with Crippen LogP contribution in [0.1, 0.15) is 71.3 Å². The molecule has 3 atom stereocenters. The SMILES string of the molecule is C[C@H]1CN(C(C)(C)CC(C#N)C(=O)N2C3CCC2(COC(=O)NC(Cc2ccccc2)B2OC(=O)C(CC(=O)O)(CC(=O)O)O2)CC3)CCO1. The van der Waals surface area contributed by atoms with Gasteiger partial charge in [0.15, 0.2) is 5.60 Å². The van der Waals surface area contributed by atoms with Crippen LogP contribution in [-0.4, -0.2) is 118 Å². The number of nitrogens with zero attached hydrogens (tertiary/aromatic N) is 3. The van der Waals surface area contributed by atoms with Crippen LogP contribution in [0.2, 0.25) is 0 Å². The number of fused-ring (bicyclic) bond motifs is 2. The summed E-state index contributed by atoms with van der Waals surface area (Å²) in [5, 5.41) is 31.7. The lowest BCUT2D eigenvalue weighted by atomic mass is 9.75. The van der Waals surface area contributed by atoms with Crippen LogP contribution in [-0.2, 0) is 44.4 Å². The number of benzene rings is 1. The lowest BCUT2D eigenvalue weighted by Crippen LogP contribution is -2.55. The molecule has 1 aromatic carbocycles. The molecule has 0 aliphatic carbocycles. The highest BCUT2D eigenvalue weighted by Crippen LogP contribution is 2.48. The number of aliphatic carboxylic acids is 2. The smallest absolute Gasteiger partial charge is 0.506 e. The Morgan fingerprint density at radius 2 is 1.80 bits per heavy atom. The maximum Gasteiger partial charge on any atom is 0.552 e. The summed E-state index contributed by atoms with van der Waals surface area (Å²) < 4.78 is 22.5. The molecule has 2 unspecified atom stereocenters. The number of alkyl carbamates (subject to hydrolysis) is 1. The molecule has 4 aliphatic heterocycles. The van der Waals surface area contributed by atoms with Crippen molar-refractivity contribution in [3.63, 3.8) is 0 Å². The van der Waals surface area contributed by atoms with E-state index in [-0.39, 0.29) is 31.1 Å². The van der Waals surface area contributed by atoms with Gasteiger partial charge in [0.2, 0.25) is 5.91 Å². The number of nitrogens with one attached hydrogen (secondary N) is 1. The van der Waals surface area contributed by atoms with Crippen LogP contribution in [0.25, 0.3) is 0 Å². The maximum atomic E-state index is 14.1. The van der Waals surface area contributed by atoms with Gasteiger partial charge in [-0.25, -0.2) is 4.79 Å². The summed E-state index contributed by atoms with van der Waals surface area (Å²) in [7, 11) is -1.51. The minimum absolute atomic E-state index is 0.0526. The van der Waals surface area contributed by atoms with E-state index in [4.69, 9.17) is 18.8 Å². The summed E-state index contributed by atoms with van der Waals surface area (Å²) in [5.74, 6) is -6.32. The molecule has 0 spiro atoms. The van der Waals surface area contributed by atoms with Crippen molar-refractivity contribution < 1.29 is 53.0 Å². The van der Waals surface area contributed by atoms with Gasteiger partial charge in [0.25, 0.3) is 0 Å². The maximum absolute atomic E-state index is 14.1. The van der Waals surface area contributed by atoms with Crippen LogP contribution in [0.4, 0.5) is 4.79 Å². The number of ether oxygens (including phenoxy) is 2. The molecule has 2 bridgehead atoms. The third-order valence-electron chi connectivity index (χ3n) is 10.5. The Morgan fingerprint density at radius 3 is 2.40 bits per heavy atom. The van der Waals surface area contributed by atoms with Crippen LogP contribution in [0.15, 0.2) is 30.3 Å². The summed E-state index contributed by atoms with van der Waals surface area (Å²) in [4.78, 5) is 67.5. The first-order chi connectivity index (χ1) is 23.7. The van der Waals surface area contributed by atoms with Gasteiger partial charge in [-0.15, -0.1) is 0 Å². The lowest BCUT2D eigenvalue weighted by Gasteiger charge is -2.44. The third kappa shape index (κ3) is 8.06. The molecule has 50 heavy (non-hydrogen) atoms. The van der Waals surface area contributed by atoms with Gasteiger partial charge in [-0.2, -0.15) is 5.26 Å². The van der Waals surface area contributed by atoms with Crippen molar-refractivity contribution in [2.24, 2.45) is 5.92 Å². The number of morpholine rings is 1. The van der Waals surface area contributed by atoms with Crippen LogP contribution in [0.5, 0.6) is 0 Å². The van der Waals surface area contributed by atoms with Gasteiger partial charge in [0.1, 0.15) is 12.5 Å². The monoisotopic (exact) mass is 696 g/mol. The van der Waals surface area contributed by atoms with E-state index in [0.29, 0.717) is 44.5 Å². The molecule has 4 aliphatic rings. The van der Waals surface area contributed by atoms with Crippen molar-refractivity contribution in [1.82, 2.24) is 15.1 Å². The van der Waals surface area contributed by atoms with Crippen LogP contribution >= 0.6 is 0 Å². The van der Waals surface area contributed by atoms with Crippen molar-refractivity contribution in [2.45, 2.75) is 107 Å². The molecule has 4 heterocycles. The number of carbonyl (C=O) groups is 5. The van der Waals surface area contributed by atoms with E-state index in [9.17, 15) is 39.4 Å². The summed E-state index contributed by atoms with van der Waals surface area (Å²) in [6, 6.07) is 11.1. The Bertz CT molecular complexity index is 1480. The Hall–Kier alpha value is -4.20. The summed E-state index contributed by atoms with van der Waals surface area (Å²) >= 11 is 0. The summed E-state index contributed by atoms with van der Waals surface area (Å²) in [6.07, 6.45) is 0.313. The molecule has 0 aromatic heterocycles. The fourth-order valence-corrected chi connectivity index (χ4v) is 7.93. The molecule has 3 N–H and O–H groups in total. The molecule has 5 rings (SSSR count). The molecule has 0 saturated carbocycles. The average molecular weight is 697 g/mol. The molecule has 16 heteroatoms. The highest BCUT2D eigenvalue weighted by atomic mass is 16.7. The number of carbonyl (C=O) groups excluding carboxylic acids is 3.